The van der Waals surface area contributed by atoms with Gasteiger partial charge in [-0.25, -0.2) is 0 Å². The molecule has 0 bridgehead atoms. The summed E-state index contributed by atoms with van der Waals surface area (Å²) in [6.45, 7) is 2.30. The van der Waals surface area contributed by atoms with Crippen molar-refractivity contribution in [3.8, 4) is 11.5 Å². The van der Waals surface area contributed by atoms with E-state index in [9.17, 15) is 0 Å². The van der Waals surface area contributed by atoms with Gasteiger partial charge in [0.05, 0.1) is 19.0 Å². The number of rotatable bonds is 5. The van der Waals surface area contributed by atoms with Crippen LogP contribution in [0.4, 0.5) is 0 Å². The smallest absolute Gasteiger partial charge is 0.166 e. The molecule has 1 aromatic carbocycles. The standard InChI is InChI=1S/C14H17N3O2/c1-10(12-9-16-6-7-17-12)19-14-11(8-15)4-3-5-13(14)18-2/h3-7,9-10H,8,15H2,1-2H3. The molecule has 0 radical (unpaired) electrons. The number of ether oxygens (including phenoxy) is 2. The molecule has 0 aliphatic heterocycles. The molecule has 0 fully saturated rings. The summed E-state index contributed by atoms with van der Waals surface area (Å²) < 4.78 is 11.2. The zero-order valence-corrected chi connectivity index (χ0v) is 11.0. The van der Waals surface area contributed by atoms with E-state index in [0.717, 1.165) is 11.3 Å². The molecule has 2 rings (SSSR count). The average molecular weight is 259 g/mol. The lowest BCUT2D eigenvalue weighted by atomic mass is 10.2. The van der Waals surface area contributed by atoms with Crippen LogP contribution < -0.4 is 15.2 Å². The van der Waals surface area contributed by atoms with Gasteiger partial charge in [-0.1, -0.05) is 12.1 Å². The third kappa shape index (κ3) is 3.00. The maximum Gasteiger partial charge on any atom is 0.166 e. The van der Waals surface area contributed by atoms with E-state index < -0.39 is 0 Å². The lowest BCUT2D eigenvalue weighted by Crippen LogP contribution is -2.09. The van der Waals surface area contributed by atoms with Crippen molar-refractivity contribution in [2.24, 2.45) is 5.73 Å². The molecular weight excluding hydrogens is 242 g/mol. The molecule has 5 nitrogen and oxygen atoms in total. The number of para-hydroxylation sites is 1. The molecule has 5 heteroatoms. The SMILES string of the molecule is COc1cccc(CN)c1OC(C)c1cnccn1. The van der Waals surface area contributed by atoms with Gasteiger partial charge in [0.1, 0.15) is 6.10 Å². The zero-order valence-electron chi connectivity index (χ0n) is 11.0. The Hall–Kier alpha value is -2.14. The summed E-state index contributed by atoms with van der Waals surface area (Å²) in [5.74, 6) is 1.32. The quantitative estimate of drug-likeness (QED) is 0.890. The minimum Gasteiger partial charge on any atom is -0.493 e. The van der Waals surface area contributed by atoms with Crippen molar-refractivity contribution in [3.63, 3.8) is 0 Å². The summed E-state index contributed by atoms with van der Waals surface area (Å²) in [4.78, 5) is 8.26. The molecule has 0 saturated heterocycles. The van der Waals surface area contributed by atoms with Gasteiger partial charge >= 0.3 is 0 Å². The lowest BCUT2D eigenvalue weighted by molar-refractivity contribution is 0.208. The van der Waals surface area contributed by atoms with E-state index in [1.807, 2.05) is 25.1 Å². The van der Waals surface area contributed by atoms with Crippen LogP contribution in [0.5, 0.6) is 11.5 Å². The number of benzene rings is 1. The van der Waals surface area contributed by atoms with E-state index in [0.29, 0.717) is 18.0 Å². The van der Waals surface area contributed by atoms with Gasteiger partial charge in [0, 0.05) is 24.5 Å². The highest BCUT2D eigenvalue weighted by molar-refractivity contribution is 5.46. The van der Waals surface area contributed by atoms with Crippen molar-refractivity contribution in [3.05, 3.63) is 48.0 Å². The average Bonchev–Trinajstić information content (AvgIpc) is 2.48. The minimum atomic E-state index is -0.227. The molecule has 1 heterocycles. The number of hydrogen-bond acceptors (Lipinski definition) is 5. The molecular formula is C14H17N3O2. The molecule has 0 amide bonds. The van der Waals surface area contributed by atoms with Crippen LogP contribution in [-0.4, -0.2) is 17.1 Å². The Morgan fingerprint density at radius 2 is 2.16 bits per heavy atom. The predicted octanol–water partition coefficient (Wildman–Crippen LogP) is 2.08. The molecule has 0 aliphatic rings. The molecule has 19 heavy (non-hydrogen) atoms. The van der Waals surface area contributed by atoms with Gasteiger partial charge in [-0.15, -0.1) is 0 Å². The highest BCUT2D eigenvalue weighted by Crippen LogP contribution is 2.33. The Morgan fingerprint density at radius 3 is 2.79 bits per heavy atom. The van der Waals surface area contributed by atoms with E-state index in [1.165, 1.54) is 0 Å². The van der Waals surface area contributed by atoms with Crippen LogP contribution in [0.2, 0.25) is 0 Å². The Labute approximate surface area is 112 Å². The third-order valence-corrected chi connectivity index (χ3v) is 2.79. The summed E-state index contributed by atoms with van der Waals surface area (Å²) in [5, 5.41) is 0. The topological polar surface area (TPSA) is 70.3 Å². The molecule has 1 aromatic heterocycles. The largest absolute Gasteiger partial charge is 0.493 e. The summed E-state index contributed by atoms with van der Waals surface area (Å²) >= 11 is 0. The number of aromatic nitrogens is 2. The van der Waals surface area contributed by atoms with E-state index >= 15 is 0 Å². The molecule has 100 valence electrons. The van der Waals surface area contributed by atoms with Gasteiger partial charge in [-0.3, -0.25) is 9.97 Å². The van der Waals surface area contributed by atoms with Crippen LogP contribution in [0.1, 0.15) is 24.3 Å². The van der Waals surface area contributed by atoms with Crippen LogP contribution >= 0.6 is 0 Å². The Kier molecular flexibility index (Phi) is 4.30. The van der Waals surface area contributed by atoms with Crippen molar-refractivity contribution in [2.45, 2.75) is 19.6 Å². The second kappa shape index (κ2) is 6.15. The number of nitrogens with zero attached hydrogens (tertiary/aromatic N) is 2. The predicted molar refractivity (Wildman–Crippen MR) is 72.0 cm³/mol. The summed E-state index contributed by atoms with van der Waals surface area (Å²) in [7, 11) is 1.61. The maximum absolute atomic E-state index is 5.94. The fourth-order valence-electron chi connectivity index (χ4n) is 1.77. The first-order chi connectivity index (χ1) is 9.26. The first-order valence-electron chi connectivity index (χ1n) is 6.04. The van der Waals surface area contributed by atoms with Gasteiger partial charge in [0.2, 0.25) is 0 Å². The van der Waals surface area contributed by atoms with E-state index in [2.05, 4.69) is 9.97 Å². The summed E-state index contributed by atoms with van der Waals surface area (Å²) in [6, 6.07) is 5.65. The normalized spacial score (nSPS) is 11.9. The van der Waals surface area contributed by atoms with Crippen molar-refractivity contribution in [1.29, 1.82) is 0 Å². The lowest BCUT2D eigenvalue weighted by Gasteiger charge is -2.18. The zero-order chi connectivity index (χ0) is 13.7. The van der Waals surface area contributed by atoms with Crippen molar-refractivity contribution >= 4 is 0 Å². The van der Waals surface area contributed by atoms with Gasteiger partial charge in [-0.05, 0) is 13.0 Å². The van der Waals surface area contributed by atoms with Gasteiger partial charge in [0.25, 0.3) is 0 Å². The van der Waals surface area contributed by atoms with Gasteiger partial charge in [0.15, 0.2) is 11.5 Å². The second-order valence-corrected chi connectivity index (χ2v) is 4.04. The van der Waals surface area contributed by atoms with E-state index in [4.69, 9.17) is 15.2 Å². The van der Waals surface area contributed by atoms with Crippen LogP contribution in [0.3, 0.4) is 0 Å². The highest BCUT2D eigenvalue weighted by atomic mass is 16.5. The maximum atomic E-state index is 5.94. The fourth-order valence-corrected chi connectivity index (χ4v) is 1.77. The molecule has 1 unspecified atom stereocenters. The third-order valence-electron chi connectivity index (χ3n) is 2.79. The van der Waals surface area contributed by atoms with Gasteiger partial charge in [-0.2, -0.15) is 0 Å². The van der Waals surface area contributed by atoms with Gasteiger partial charge < -0.3 is 15.2 Å². The highest BCUT2D eigenvalue weighted by Gasteiger charge is 2.15. The molecule has 0 aliphatic carbocycles. The van der Waals surface area contributed by atoms with Crippen LogP contribution in [0.25, 0.3) is 0 Å². The Morgan fingerprint density at radius 1 is 1.32 bits per heavy atom. The minimum absolute atomic E-state index is 0.227. The first kappa shape index (κ1) is 13.3. The summed E-state index contributed by atoms with van der Waals surface area (Å²) in [5.41, 5.74) is 7.38. The van der Waals surface area contributed by atoms with E-state index in [-0.39, 0.29) is 6.10 Å². The molecule has 0 saturated carbocycles. The second-order valence-electron chi connectivity index (χ2n) is 4.04. The number of hydrogen-bond donors (Lipinski definition) is 1. The molecule has 2 aromatic rings. The molecule has 1 atom stereocenters. The molecule has 0 spiro atoms. The van der Waals surface area contributed by atoms with Crippen LogP contribution in [-0.2, 0) is 6.54 Å². The molecule has 2 N–H and O–H groups in total. The van der Waals surface area contributed by atoms with Crippen molar-refractivity contribution in [2.75, 3.05) is 7.11 Å². The number of nitrogens with two attached hydrogens (primary N) is 1. The Balaban J connectivity index is 2.27. The first-order valence-corrected chi connectivity index (χ1v) is 6.04. The van der Waals surface area contributed by atoms with Crippen LogP contribution in [0.15, 0.2) is 36.8 Å². The summed E-state index contributed by atoms with van der Waals surface area (Å²) in [6.07, 6.45) is 4.73. The Bertz CT molecular complexity index is 509. The number of methoxy groups -OCH3 is 1. The van der Waals surface area contributed by atoms with Crippen LogP contribution in [0, 0.1) is 0 Å². The van der Waals surface area contributed by atoms with Crippen molar-refractivity contribution < 1.29 is 9.47 Å². The fraction of sp³-hybridized carbons (Fsp3) is 0.286. The van der Waals surface area contributed by atoms with E-state index in [1.54, 1.807) is 25.7 Å². The monoisotopic (exact) mass is 259 g/mol. The van der Waals surface area contributed by atoms with Crippen molar-refractivity contribution in [1.82, 2.24) is 9.97 Å².